The first-order valence-corrected chi connectivity index (χ1v) is 16.2. The largest absolute Gasteiger partial charge is 0.508 e. The Kier molecular flexibility index (Phi) is 9.62. The number of aromatic nitrogens is 4. The Bertz CT molecular complexity index is 1670. The maximum absolute atomic E-state index is 13.5. The highest BCUT2D eigenvalue weighted by Gasteiger charge is 2.38. The Morgan fingerprint density at radius 1 is 1.24 bits per heavy atom. The number of carbonyl (C=O) groups is 1. The van der Waals surface area contributed by atoms with Crippen molar-refractivity contribution < 1.29 is 24.1 Å². The number of hydrogen-bond acceptors (Lipinski definition) is 10. The Hall–Kier alpha value is -3.80. The molecule has 1 N–H and O–H groups in total. The van der Waals surface area contributed by atoms with Crippen LogP contribution in [0.2, 0.25) is 0 Å². The van der Waals surface area contributed by atoms with Crippen molar-refractivity contribution in [3.05, 3.63) is 70.9 Å². The molecule has 1 unspecified atom stereocenters. The van der Waals surface area contributed by atoms with Gasteiger partial charge in [0.1, 0.15) is 22.3 Å². The van der Waals surface area contributed by atoms with E-state index in [-0.39, 0.29) is 18.0 Å². The number of phenols is 1. The number of piperidine rings is 1. The summed E-state index contributed by atoms with van der Waals surface area (Å²) in [7, 11) is 0. The number of thiazole rings is 1. The first-order chi connectivity index (χ1) is 21.4. The molecule has 1 atom stereocenters. The topological polar surface area (TPSA) is 111 Å². The molecule has 1 aliphatic rings. The summed E-state index contributed by atoms with van der Waals surface area (Å²) in [6, 6.07) is 9.24. The van der Waals surface area contributed by atoms with Gasteiger partial charge in [-0.05, 0) is 66.0 Å². The second-order valence-electron chi connectivity index (χ2n) is 12.6. The third-order valence-corrected chi connectivity index (χ3v) is 8.86. The first kappa shape index (κ1) is 32.6. The van der Waals surface area contributed by atoms with Gasteiger partial charge in [-0.3, -0.25) is 0 Å². The van der Waals surface area contributed by atoms with Crippen LogP contribution >= 0.6 is 11.3 Å². The Morgan fingerprint density at radius 3 is 2.64 bits per heavy atom. The van der Waals surface area contributed by atoms with Crippen LogP contribution in [0.25, 0.3) is 16.3 Å². The van der Waals surface area contributed by atoms with Crippen LogP contribution < -0.4 is 4.90 Å². The normalized spacial score (nSPS) is 15.7. The maximum Gasteiger partial charge on any atom is 0.340 e. The maximum atomic E-state index is 13.5. The lowest BCUT2D eigenvalue weighted by Crippen LogP contribution is -2.45. The zero-order valence-corrected chi connectivity index (χ0v) is 27.8. The lowest BCUT2D eigenvalue weighted by atomic mass is 9.92. The lowest BCUT2D eigenvalue weighted by Gasteiger charge is -2.41. The van der Waals surface area contributed by atoms with Crippen molar-refractivity contribution in [2.75, 3.05) is 31.2 Å². The van der Waals surface area contributed by atoms with Gasteiger partial charge in [-0.2, -0.15) is 9.61 Å². The first-order valence-electron chi connectivity index (χ1n) is 15.4. The van der Waals surface area contributed by atoms with Crippen LogP contribution in [0.3, 0.4) is 0 Å². The number of aryl methyl sites for hydroxylation is 1. The quantitative estimate of drug-likeness (QED) is 0.147. The molecule has 4 aromatic rings. The smallest absolute Gasteiger partial charge is 0.340 e. The van der Waals surface area contributed by atoms with Crippen molar-refractivity contribution in [3.63, 3.8) is 0 Å². The van der Waals surface area contributed by atoms with E-state index < -0.39 is 17.7 Å². The van der Waals surface area contributed by atoms with Gasteiger partial charge >= 0.3 is 5.97 Å². The highest BCUT2D eigenvalue weighted by molar-refractivity contribution is 7.15. The number of aromatic hydroxyl groups is 1. The second-order valence-corrected chi connectivity index (χ2v) is 13.7. The Morgan fingerprint density at radius 2 is 1.98 bits per heavy atom. The fourth-order valence-electron chi connectivity index (χ4n) is 5.58. The van der Waals surface area contributed by atoms with E-state index in [4.69, 9.17) is 24.3 Å². The minimum atomic E-state index is -1.00. The van der Waals surface area contributed by atoms with E-state index in [1.54, 1.807) is 19.1 Å². The molecule has 3 aromatic heterocycles. The van der Waals surface area contributed by atoms with Gasteiger partial charge in [-0.1, -0.05) is 24.3 Å². The second kappa shape index (κ2) is 13.3. The standard InChI is InChI=1S/C34H43N5O5S/c1-8-18-43-34(7)14-16-38(17-15-34)31-28(29(32(41)42-9-2)44-33(4,5)6)22(3)36-27-20-25(37-39(27)31)30-35-21-24(45-30)19-23-12-10-11-13-26(23)40/h8,10-13,20-21,29,40H,1,9,14-19H2,2-7H3. The molecule has 1 saturated heterocycles. The number of anilines is 1. The zero-order chi connectivity index (χ0) is 32.4. The molecule has 4 heterocycles. The monoisotopic (exact) mass is 633 g/mol. The van der Waals surface area contributed by atoms with Crippen molar-refractivity contribution in [3.8, 4) is 16.5 Å². The minimum absolute atomic E-state index is 0.231. The van der Waals surface area contributed by atoms with E-state index in [1.807, 2.05) is 62.7 Å². The van der Waals surface area contributed by atoms with Crippen molar-refractivity contribution in [2.24, 2.45) is 0 Å². The minimum Gasteiger partial charge on any atom is -0.508 e. The Labute approximate surface area is 268 Å². The van der Waals surface area contributed by atoms with Crippen LogP contribution in [0.4, 0.5) is 5.82 Å². The molecule has 0 saturated carbocycles. The number of benzene rings is 1. The van der Waals surface area contributed by atoms with E-state index in [0.29, 0.717) is 48.7 Å². The van der Waals surface area contributed by atoms with E-state index in [1.165, 1.54) is 11.3 Å². The SMILES string of the molecule is C=CCOC1(C)CCN(c2c(C(OC(C)(C)C)C(=O)OCC)c(C)nc3cc(-c4ncc(Cc5ccccc5O)s4)nn23)CC1. The number of phenolic OH excluding ortho intramolecular Hbond substituents is 1. The number of carbonyl (C=O) groups excluding carboxylic acids is 1. The summed E-state index contributed by atoms with van der Waals surface area (Å²) in [6.45, 7) is 17.5. The number of esters is 1. The van der Waals surface area contributed by atoms with Gasteiger partial charge in [-0.25, -0.2) is 14.8 Å². The fourth-order valence-corrected chi connectivity index (χ4v) is 6.47. The molecule has 0 amide bonds. The highest BCUT2D eigenvalue weighted by atomic mass is 32.1. The van der Waals surface area contributed by atoms with Crippen molar-refractivity contribution in [1.29, 1.82) is 0 Å². The molecule has 0 radical (unpaired) electrons. The van der Waals surface area contributed by atoms with Crippen molar-refractivity contribution in [2.45, 2.75) is 78.1 Å². The molecule has 240 valence electrons. The average Bonchev–Trinajstić information content (AvgIpc) is 3.63. The van der Waals surface area contributed by atoms with Gasteiger partial charge in [0.15, 0.2) is 11.8 Å². The molecule has 0 aliphatic carbocycles. The summed E-state index contributed by atoms with van der Waals surface area (Å²) >= 11 is 1.52. The van der Waals surface area contributed by atoms with E-state index in [2.05, 4.69) is 23.4 Å². The van der Waals surface area contributed by atoms with Gasteiger partial charge in [0.05, 0.1) is 30.0 Å². The van der Waals surface area contributed by atoms with E-state index in [0.717, 1.165) is 34.1 Å². The summed E-state index contributed by atoms with van der Waals surface area (Å²) < 4.78 is 19.9. The molecule has 1 fully saturated rings. The summed E-state index contributed by atoms with van der Waals surface area (Å²) in [5.41, 5.74) is 2.55. The zero-order valence-electron chi connectivity index (χ0n) is 27.0. The van der Waals surface area contributed by atoms with Crippen LogP contribution in [0.15, 0.2) is 49.2 Å². The molecule has 45 heavy (non-hydrogen) atoms. The van der Waals surface area contributed by atoms with E-state index >= 15 is 0 Å². The van der Waals surface area contributed by atoms with Gasteiger partial charge in [0.2, 0.25) is 0 Å². The van der Waals surface area contributed by atoms with Crippen molar-refractivity contribution >= 4 is 28.8 Å². The van der Waals surface area contributed by atoms with Crippen LogP contribution in [0.5, 0.6) is 5.75 Å². The predicted molar refractivity (Wildman–Crippen MR) is 176 cm³/mol. The van der Waals surface area contributed by atoms with Crippen LogP contribution in [0.1, 0.15) is 75.3 Å². The average molecular weight is 634 g/mol. The number of fused-ring (bicyclic) bond motifs is 1. The molecular weight excluding hydrogens is 590 g/mol. The van der Waals surface area contributed by atoms with Gasteiger partial charge in [0, 0.05) is 42.3 Å². The predicted octanol–water partition coefficient (Wildman–Crippen LogP) is 6.44. The van der Waals surface area contributed by atoms with Crippen molar-refractivity contribution in [1.82, 2.24) is 19.6 Å². The molecule has 5 rings (SSSR count). The van der Waals surface area contributed by atoms with Gasteiger partial charge in [-0.15, -0.1) is 17.9 Å². The third-order valence-electron chi connectivity index (χ3n) is 7.84. The number of ether oxygens (including phenoxy) is 3. The Balaban J connectivity index is 1.60. The molecule has 0 bridgehead atoms. The number of rotatable bonds is 11. The molecule has 11 heteroatoms. The van der Waals surface area contributed by atoms with Crippen LogP contribution in [0, 0.1) is 6.92 Å². The summed E-state index contributed by atoms with van der Waals surface area (Å²) in [5, 5.41) is 16.0. The van der Waals surface area contributed by atoms with Gasteiger partial charge < -0.3 is 24.2 Å². The number of para-hydroxylation sites is 1. The summed E-state index contributed by atoms with van der Waals surface area (Å²) in [6.07, 6.45) is 4.73. The fraction of sp³-hybridized carbons (Fsp3) is 0.471. The van der Waals surface area contributed by atoms with E-state index in [9.17, 15) is 9.90 Å². The third kappa shape index (κ3) is 7.37. The molecule has 0 spiro atoms. The number of nitrogens with zero attached hydrogens (tertiary/aromatic N) is 5. The summed E-state index contributed by atoms with van der Waals surface area (Å²) in [5.74, 6) is 0.552. The molecule has 10 nitrogen and oxygen atoms in total. The lowest BCUT2D eigenvalue weighted by molar-refractivity contribution is -0.166. The van der Waals surface area contributed by atoms with Gasteiger partial charge in [0.25, 0.3) is 0 Å². The highest BCUT2D eigenvalue weighted by Crippen LogP contribution is 2.39. The molecule has 1 aliphatic heterocycles. The molecule has 1 aromatic carbocycles. The van der Waals surface area contributed by atoms with Crippen LogP contribution in [-0.4, -0.2) is 68.2 Å². The summed E-state index contributed by atoms with van der Waals surface area (Å²) in [4.78, 5) is 26.3. The van der Waals surface area contributed by atoms with Crippen LogP contribution in [-0.2, 0) is 25.4 Å². The number of hydrogen-bond donors (Lipinski definition) is 1. The molecular formula is C34H43N5O5S.